The van der Waals surface area contributed by atoms with Crippen molar-refractivity contribution in [2.75, 3.05) is 19.4 Å². The summed E-state index contributed by atoms with van der Waals surface area (Å²) in [5.74, 6) is -2.64. The van der Waals surface area contributed by atoms with Gasteiger partial charge in [0, 0.05) is 13.1 Å². The summed E-state index contributed by atoms with van der Waals surface area (Å²) < 4.78 is 93.7. The number of anilines is 1. The standard InChI is InChI=1S/C24H23F6N5O4/c1-38-14-7-5-6-13(10-14)12-35-9-4-2-3-8-22(37,24(28,29)30)21-34-33-19(39-21)18-16(31)11-15(23(25,26)27)17(32-18)20(35)36/h5-7,10-11,37H,2-4,8-9,12,31H2,1H3/t22-/m1/s1. The second-order valence-corrected chi connectivity index (χ2v) is 8.98. The molecule has 39 heavy (non-hydrogen) atoms. The Balaban J connectivity index is 1.87. The van der Waals surface area contributed by atoms with Gasteiger partial charge in [-0.25, -0.2) is 4.98 Å². The van der Waals surface area contributed by atoms with E-state index >= 15 is 0 Å². The number of fused-ring (bicyclic) bond motifs is 5. The highest BCUT2D eigenvalue weighted by atomic mass is 19.4. The summed E-state index contributed by atoms with van der Waals surface area (Å²) in [7, 11) is 1.42. The minimum Gasteiger partial charge on any atom is -0.497 e. The maximum absolute atomic E-state index is 14.0. The zero-order chi connectivity index (χ0) is 28.6. The number of nitrogens with two attached hydrogens (primary N) is 1. The van der Waals surface area contributed by atoms with Crippen LogP contribution in [0, 0.1) is 0 Å². The molecule has 1 aliphatic rings. The van der Waals surface area contributed by atoms with Crippen LogP contribution in [-0.4, -0.2) is 50.9 Å². The molecule has 1 amide bonds. The number of rotatable bonds is 3. The Labute approximate surface area is 217 Å². The van der Waals surface area contributed by atoms with Crippen LogP contribution < -0.4 is 10.5 Å². The molecule has 15 heteroatoms. The summed E-state index contributed by atoms with van der Waals surface area (Å²) in [5.41, 5.74) is -1.03. The molecule has 3 heterocycles. The quantitative estimate of drug-likeness (QED) is 0.442. The number of hydrogen-bond donors (Lipinski definition) is 2. The number of aromatic nitrogens is 3. The molecule has 3 aromatic rings. The molecule has 4 rings (SSSR count). The van der Waals surface area contributed by atoms with Crippen LogP contribution in [0.4, 0.5) is 32.0 Å². The fourth-order valence-electron chi connectivity index (χ4n) is 4.19. The van der Waals surface area contributed by atoms with Crippen LogP contribution in [0.3, 0.4) is 0 Å². The molecule has 1 aliphatic heterocycles. The van der Waals surface area contributed by atoms with Gasteiger partial charge in [0.15, 0.2) is 5.69 Å². The summed E-state index contributed by atoms with van der Waals surface area (Å²) in [6.07, 6.45) is -11.0. The number of hydrogen-bond acceptors (Lipinski definition) is 8. The van der Waals surface area contributed by atoms with E-state index in [4.69, 9.17) is 14.9 Å². The molecule has 0 unspecified atom stereocenters. The molecule has 0 saturated carbocycles. The second-order valence-electron chi connectivity index (χ2n) is 8.98. The summed E-state index contributed by atoms with van der Waals surface area (Å²) in [6, 6.07) is 6.94. The number of amides is 1. The van der Waals surface area contributed by atoms with Gasteiger partial charge in [-0.2, -0.15) is 26.3 Å². The highest BCUT2D eigenvalue weighted by Gasteiger charge is 2.58. The predicted octanol–water partition coefficient (Wildman–Crippen LogP) is 4.71. The zero-order valence-corrected chi connectivity index (χ0v) is 20.4. The topological polar surface area (TPSA) is 128 Å². The van der Waals surface area contributed by atoms with E-state index in [1.165, 1.54) is 7.11 Å². The van der Waals surface area contributed by atoms with Crippen molar-refractivity contribution < 1.29 is 45.4 Å². The van der Waals surface area contributed by atoms with Crippen molar-refractivity contribution in [1.29, 1.82) is 0 Å². The van der Waals surface area contributed by atoms with Crippen LogP contribution in [0.25, 0.3) is 11.6 Å². The van der Waals surface area contributed by atoms with Gasteiger partial charge >= 0.3 is 12.4 Å². The first kappa shape index (κ1) is 28.1. The van der Waals surface area contributed by atoms with Crippen LogP contribution in [0.15, 0.2) is 34.7 Å². The third-order valence-corrected chi connectivity index (χ3v) is 6.27. The van der Waals surface area contributed by atoms with Gasteiger partial charge in [0.2, 0.25) is 5.60 Å². The highest BCUT2D eigenvalue weighted by molar-refractivity contribution is 5.95. The van der Waals surface area contributed by atoms with E-state index in [9.17, 15) is 36.2 Å². The van der Waals surface area contributed by atoms with Crippen LogP contribution in [0.2, 0.25) is 0 Å². The molecule has 9 nitrogen and oxygen atoms in total. The molecule has 210 valence electrons. The molecule has 0 aliphatic carbocycles. The zero-order valence-electron chi connectivity index (χ0n) is 20.4. The van der Waals surface area contributed by atoms with Gasteiger partial charge in [-0.05, 0) is 43.0 Å². The van der Waals surface area contributed by atoms with Crippen molar-refractivity contribution in [1.82, 2.24) is 20.1 Å². The van der Waals surface area contributed by atoms with Crippen molar-refractivity contribution in [2.24, 2.45) is 0 Å². The molecular formula is C24H23F6N5O4. The van der Waals surface area contributed by atoms with E-state index in [0.717, 1.165) is 4.90 Å². The largest absolute Gasteiger partial charge is 0.497 e. The lowest BCUT2D eigenvalue weighted by atomic mass is 9.95. The van der Waals surface area contributed by atoms with Gasteiger partial charge in [-0.1, -0.05) is 18.6 Å². The maximum atomic E-state index is 14.0. The van der Waals surface area contributed by atoms with Crippen LogP contribution >= 0.6 is 0 Å². The number of aliphatic hydroxyl groups is 1. The van der Waals surface area contributed by atoms with Gasteiger partial charge in [0.1, 0.15) is 11.4 Å². The highest BCUT2D eigenvalue weighted by Crippen LogP contribution is 2.43. The fourth-order valence-corrected chi connectivity index (χ4v) is 4.19. The van der Waals surface area contributed by atoms with Gasteiger partial charge in [-0.3, -0.25) is 4.79 Å². The van der Waals surface area contributed by atoms with Crippen molar-refractivity contribution in [3.05, 3.63) is 53.0 Å². The Bertz CT molecular complexity index is 1360. The SMILES string of the molecule is COc1cccc(CN2CCCCC[C@](O)(C(F)(F)F)c3nnc(o3)-c3nc(c(C(F)(F)F)cc3N)C2=O)c1. The number of halogens is 6. The van der Waals surface area contributed by atoms with E-state index < -0.39 is 64.7 Å². The predicted molar refractivity (Wildman–Crippen MR) is 123 cm³/mol. The number of methoxy groups -OCH3 is 1. The number of nitrogens with zero attached hydrogens (tertiary/aromatic N) is 4. The molecular weight excluding hydrogens is 536 g/mol. The number of alkyl halides is 6. The third-order valence-electron chi connectivity index (χ3n) is 6.27. The fraction of sp³-hybridized carbons (Fsp3) is 0.417. The Hall–Kier alpha value is -3.88. The Morgan fingerprint density at radius 2 is 1.85 bits per heavy atom. The Morgan fingerprint density at radius 3 is 2.51 bits per heavy atom. The van der Waals surface area contributed by atoms with Crippen molar-refractivity contribution in [2.45, 2.75) is 50.2 Å². The molecule has 3 N–H and O–H groups in total. The number of pyridine rings is 1. The van der Waals surface area contributed by atoms with Crippen LogP contribution in [0.1, 0.15) is 53.2 Å². The summed E-state index contributed by atoms with van der Waals surface area (Å²) in [5, 5.41) is 17.2. The van der Waals surface area contributed by atoms with Gasteiger partial charge in [-0.15, -0.1) is 10.2 Å². The van der Waals surface area contributed by atoms with Crippen molar-refractivity contribution in [3.8, 4) is 17.3 Å². The number of carbonyl (C=O) groups is 1. The Morgan fingerprint density at radius 1 is 1.10 bits per heavy atom. The minimum atomic E-state index is -5.20. The smallest absolute Gasteiger partial charge is 0.426 e. The van der Waals surface area contributed by atoms with Crippen LogP contribution in [0.5, 0.6) is 5.75 Å². The van der Waals surface area contributed by atoms with E-state index in [0.29, 0.717) is 17.4 Å². The minimum absolute atomic E-state index is 0.0911. The van der Waals surface area contributed by atoms with Gasteiger partial charge < -0.3 is 24.9 Å². The van der Waals surface area contributed by atoms with E-state index in [1.807, 2.05) is 0 Å². The first-order valence-corrected chi connectivity index (χ1v) is 11.7. The average Bonchev–Trinajstić information content (AvgIpc) is 3.36. The first-order valence-electron chi connectivity index (χ1n) is 11.7. The molecule has 0 fully saturated rings. The number of ether oxygens (including phenoxy) is 1. The third kappa shape index (κ3) is 5.62. The number of nitrogen functional groups attached to an aromatic ring is 1. The lowest BCUT2D eigenvalue weighted by Crippen LogP contribution is -2.42. The summed E-state index contributed by atoms with van der Waals surface area (Å²) in [4.78, 5) is 18.4. The molecule has 1 aromatic carbocycles. The van der Waals surface area contributed by atoms with Gasteiger partial charge in [0.25, 0.3) is 17.7 Å². The lowest BCUT2D eigenvalue weighted by Gasteiger charge is -2.27. The number of carbonyl (C=O) groups excluding carboxylic acids is 1. The Kier molecular flexibility index (Phi) is 7.47. The lowest BCUT2D eigenvalue weighted by molar-refractivity contribution is -0.277. The molecule has 4 bridgehead atoms. The van der Waals surface area contributed by atoms with Crippen molar-refractivity contribution >= 4 is 11.6 Å². The first-order chi connectivity index (χ1) is 18.2. The van der Waals surface area contributed by atoms with Crippen LogP contribution in [-0.2, 0) is 18.3 Å². The maximum Gasteiger partial charge on any atom is 0.426 e. The second kappa shape index (κ2) is 10.4. The molecule has 2 aromatic heterocycles. The molecule has 0 spiro atoms. The number of benzene rings is 1. The average molecular weight is 559 g/mol. The molecule has 1 atom stereocenters. The van der Waals surface area contributed by atoms with Crippen molar-refractivity contribution in [3.63, 3.8) is 0 Å². The monoisotopic (exact) mass is 559 g/mol. The normalized spacial score (nSPS) is 19.1. The van der Waals surface area contributed by atoms with E-state index in [2.05, 4.69) is 15.2 Å². The van der Waals surface area contributed by atoms with E-state index in [1.54, 1.807) is 24.3 Å². The summed E-state index contributed by atoms with van der Waals surface area (Å²) in [6.45, 7) is -0.260. The molecule has 0 saturated heterocycles. The van der Waals surface area contributed by atoms with E-state index in [-0.39, 0.29) is 32.4 Å². The molecule has 0 radical (unpaired) electrons. The summed E-state index contributed by atoms with van der Waals surface area (Å²) >= 11 is 0. The van der Waals surface area contributed by atoms with Gasteiger partial charge in [0.05, 0.1) is 18.4 Å².